The molecule has 1 unspecified atom stereocenters. The molecule has 3 nitrogen and oxygen atoms in total. The van der Waals surface area contributed by atoms with Crippen LogP contribution in [0.3, 0.4) is 0 Å². The van der Waals surface area contributed by atoms with Gasteiger partial charge in [-0.1, -0.05) is 39.0 Å². The van der Waals surface area contributed by atoms with E-state index in [1.807, 2.05) is 0 Å². The van der Waals surface area contributed by atoms with Gasteiger partial charge in [0.15, 0.2) is 0 Å². The average Bonchev–Trinajstić information content (AvgIpc) is 2.80. The second kappa shape index (κ2) is 9.86. The Morgan fingerprint density at radius 1 is 1.29 bits per heavy atom. The van der Waals surface area contributed by atoms with E-state index in [1.165, 1.54) is 32.1 Å². The highest BCUT2D eigenvalue weighted by atomic mass is 16.5. The molecule has 0 aliphatic heterocycles. The topological polar surface area (TPSA) is 41.5 Å². The fourth-order valence-electron chi connectivity index (χ4n) is 2.48. The molecular weight excluding hydrogens is 214 g/mol. The second-order valence-electron chi connectivity index (χ2n) is 5.21. The highest BCUT2D eigenvalue weighted by Crippen LogP contribution is 2.28. The van der Waals surface area contributed by atoms with Gasteiger partial charge in [0.1, 0.15) is 0 Å². The molecule has 0 aromatic heterocycles. The van der Waals surface area contributed by atoms with E-state index in [2.05, 4.69) is 12.2 Å². The van der Waals surface area contributed by atoms with Crippen molar-refractivity contribution >= 4 is 0 Å². The Morgan fingerprint density at radius 3 is 2.76 bits per heavy atom. The van der Waals surface area contributed by atoms with Crippen LogP contribution in [0.2, 0.25) is 0 Å². The molecule has 0 aromatic rings. The Labute approximate surface area is 106 Å². The smallest absolute Gasteiger partial charge is 0.0667 e. The van der Waals surface area contributed by atoms with Gasteiger partial charge in [-0.15, -0.1) is 0 Å². The van der Waals surface area contributed by atoms with Crippen LogP contribution in [0.25, 0.3) is 0 Å². The molecule has 1 saturated carbocycles. The van der Waals surface area contributed by atoms with E-state index in [1.54, 1.807) is 0 Å². The van der Waals surface area contributed by atoms with E-state index in [-0.39, 0.29) is 6.10 Å². The third-order valence-corrected chi connectivity index (χ3v) is 3.53. The average molecular weight is 243 g/mol. The van der Waals surface area contributed by atoms with Crippen molar-refractivity contribution < 1.29 is 9.84 Å². The molecule has 3 heteroatoms. The van der Waals surface area contributed by atoms with Gasteiger partial charge in [-0.2, -0.15) is 0 Å². The molecule has 102 valence electrons. The monoisotopic (exact) mass is 243 g/mol. The van der Waals surface area contributed by atoms with Gasteiger partial charge in [0.05, 0.1) is 12.7 Å². The molecule has 1 aliphatic carbocycles. The minimum Gasteiger partial charge on any atom is -0.392 e. The van der Waals surface area contributed by atoms with Gasteiger partial charge >= 0.3 is 0 Å². The zero-order valence-electron chi connectivity index (χ0n) is 11.3. The summed E-state index contributed by atoms with van der Waals surface area (Å²) in [6.45, 7) is 5.36. The standard InChI is InChI=1S/C14H29NO2/c1-2-3-9-17-10-8-15-12-14(16)11-13-6-4-5-7-13/h13-16H,2-12H2,1H3. The highest BCUT2D eigenvalue weighted by molar-refractivity contribution is 4.72. The molecule has 0 spiro atoms. The molecule has 0 saturated heterocycles. The summed E-state index contributed by atoms with van der Waals surface area (Å²) < 4.78 is 5.45. The molecule has 17 heavy (non-hydrogen) atoms. The molecule has 1 atom stereocenters. The van der Waals surface area contributed by atoms with Crippen molar-refractivity contribution in [3.8, 4) is 0 Å². The summed E-state index contributed by atoms with van der Waals surface area (Å²) in [4.78, 5) is 0. The van der Waals surface area contributed by atoms with Crippen molar-refractivity contribution in [2.75, 3.05) is 26.3 Å². The molecule has 2 N–H and O–H groups in total. The number of aliphatic hydroxyl groups excluding tert-OH is 1. The first-order valence-electron chi connectivity index (χ1n) is 7.29. The van der Waals surface area contributed by atoms with Crippen molar-refractivity contribution in [3.05, 3.63) is 0 Å². The lowest BCUT2D eigenvalue weighted by atomic mass is 10.0. The number of unbranched alkanes of at least 4 members (excludes halogenated alkanes) is 1. The minimum absolute atomic E-state index is 0.172. The van der Waals surface area contributed by atoms with Gasteiger partial charge in [0.25, 0.3) is 0 Å². The molecule has 0 heterocycles. The first kappa shape index (κ1) is 14.9. The molecule has 0 radical (unpaired) electrons. The van der Waals surface area contributed by atoms with Gasteiger partial charge in [-0.3, -0.25) is 0 Å². The van der Waals surface area contributed by atoms with Crippen LogP contribution in [-0.2, 0) is 4.74 Å². The van der Waals surface area contributed by atoms with Crippen LogP contribution in [0.4, 0.5) is 0 Å². The van der Waals surface area contributed by atoms with Crippen molar-refractivity contribution in [3.63, 3.8) is 0 Å². The molecule has 0 bridgehead atoms. The minimum atomic E-state index is -0.172. The Balaban J connectivity index is 1.84. The summed E-state index contributed by atoms with van der Waals surface area (Å²) in [5.41, 5.74) is 0. The maximum Gasteiger partial charge on any atom is 0.0667 e. The molecule has 1 fully saturated rings. The van der Waals surface area contributed by atoms with Crippen LogP contribution in [0.5, 0.6) is 0 Å². The van der Waals surface area contributed by atoms with Gasteiger partial charge in [-0.25, -0.2) is 0 Å². The van der Waals surface area contributed by atoms with Crippen molar-refractivity contribution in [2.24, 2.45) is 5.92 Å². The number of nitrogens with one attached hydrogen (secondary N) is 1. The number of hydrogen-bond acceptors (Lipinski definition) is 3. The van der Waals surface area contributed by atoms with E-state index in [4.69, 9.17) is 4.74 Å². The van der Waals surface area contributed by atoms with E-state index in [0.717, 1.165) is 38.5 Å². The van der Waals surface area contributed by atoms with Crippen LogP contribution >= 0.6 is 0 Å². The lowest BCUT2D eigenvalue weighted by Gasteiger charge is -2.15. The largest absolute Gasteiger partial charge is 0.392 e. The third kappa shape index (κ3) is 7.74. The fraction of sp³-hybridized carbons (Fsp3) is 1.00. The summed E-state index contributed by atoms with van der Waals surface area (Å²) in [5.74, 6) is 0.771. The molecule has 0 amide bonds. The van der Waals surface area contributed by atoms with Crippen LogP contribution in [-0.4, -0.2) is 37.5 Å². The zero-order chi connectivity index (χ0) is 12.3. The van der Waals surface area contributed by atoms with Crippen LogP contribution in [0.15, 0.2) is 0 Å². The predicted molar refractivity (Wildman–Crippen MR) is 71.2 cm³/mol. The predicted octanol–water partition coefficient (Wildman–Crippen LogP) is 2.33. The lowest BCUT2D eigenvalue weighted by molar-refractivity contribution is 0.118. The van der Waals surface area contributed by atoms with Crippen LogP contribution in [0.1, 0.15) is 51.9 Å². The van der Waals surface area contributed by atoms with E-state index < -0.39 is 0 Å². The Morgan fingerprint density at radius 2 is 2.06 bits per heavy atom. The maximum atomic E-state index is 9.85. The fourth-order valence-corrected chi connectivity index (χ4v) is 2.48. The molecule has 0 aromatic carbocycles. The summed E-state index contributed by atoms with van der Waals surface area (Å²) in [5, 5.41) is 13.1. The summed E-state index contributed by atoms with van der Waals surface area (Å²) in [6, 6.07) is 0. The molecule has 1 rings (SSSR count). The van der Waals surface area contributed by atoms with Crippen LogP contribution < -0.4 is 5.32 Å². The highest BCUT2D eigenvalue weighted by Gasteiger charge is 2.18. The quantitative estimate of drug-likeness (QED) is 0.579. The summed E-state index contributed by atoms with van der Waals surface area (Å²) in [6.07, 6.45) is 8.48. The second-order valence-corrected chi connectivity index (χ2v) is 5.21. The van der Waals surface area contributed by atoms with Gasteiger partial charge in [0.2, 0.25) is 0 Å². The number of rotatable bonds is 10. The SMILES string of the molecule is CCCCOCCNCC(O)CC1CCCC1. The Bertz CT molecular complexity index is 170. The van der Waals surface area contributed by atoms with Gasteiger partial charge < -0.3 is 15.2 Å². The van der Waals surface area contributed by atoms with Crippen molar-refractivity contribution in [1.29, 1.82) is 0 Å². The third-order valence-electron chi connectivity index (χ3n) is 3.53. The van der Waals surface area contributed by atoms with Crippen molar-refractivity contribution in [1.82, 2.24) is 5.32 Å². The van der Waals surface area contributed by atoms with E-state index in [0.29, 0.717) is 6.54 Å². The number of ether oxygens (including phenoxy) is 1. The van der Waals surface area contributed by atoms with Gasteiger partial charge in [-0.05, 0) is 18.8 Å². The normalized spacial score (nSPS) is 18.7. The van der Waals surface area contributed by atoms with Gasteiger partial charge in [0, 0.05) is 19.7 Å². The van der Waals surface area contributed by atoms with E-state index >= 15 is 0 Å². The number of aliphatic hydroxyl groups is 1. The summed E-state index contributed by atoms with van der Waals surface area (Å²) >= 11 is 0. The van der Waals surface area contributed by atoms with Crippen molar-refractivity contribution in [2.45, 2.75) is 58.0 Å². The zero-order valence-corrected chi connectivity index (χ0v) is 11.3. The number of hydrogen-bond donors (Lipinski definition) is 2. The van der Waals surface area contributed by atoms with E-state index in [9.17, 15) is 5.11 Å². The first-order chi connectivity index (χ1) is 8.33. The maximum absolute atomic E-state index is 9.85. The Kier molecular flexibility index (Phi) is 8.67. The summed E-state index contributed by atoms with van der Waals surface area (Å²) in [7, 11) is 0. The molecular formula is C14H29NO2. The molecule has 1 aliphatic rings. The first-order valence-corrected chi connectivity index (χ1v) is 7.29. The Hall–Kier alpha value is -0.120. The lowest BCUT2D eigenvalue weighted by Crippen LogP contribution is -2.30. The van der Waals surface area contributed by atoms with Crippen LogP contribution in [0, 0.1) is 5.92 Å².